The molecule has 0 bridgehead atoms. The van der Waals surface area contributed by atoms with Gasteiger partial charge in [-0.2, -0.15) is 0 Å². The van der Waals surface area contributed by atoms with Gasteiger partial charge in [-0.05, 0) is 5.56 Å². The van der Waals surface area contributed by atoms with Crippen LogP contribution in [0.1, 0.15) is 15.2 Å². The molecule has 1 unspecified atom stereocenters. The Balaban J connectivity index is 1.47. The maximum absolute atomic E-state index is 12.1. The van der Waals surface area contributed by atoms with Gasteiger partial charge in [0.1, 0.15) is 17.2 Å². The van der Waals surface area contributed by atoms with E-state index in [0.29, 0.717) is 26.4 Å². The largest absolute Gasteiger partial charge is 0.488 e. The summed E-state index contributed by atoms with van der Waals surface area (Å²) >= 11 is 1.44. The Kier molecular flexibility index (Phi) is 3.93. The van der Waals surface area contributed by atoms with E-state index in [1.165, 1.54) is 11.3 Å². The van der Waals surface area contributed by atoms with Gasteiger partial charge in [0.25, 0.3) is 5.91 Å². The zero-order valence-corrected chi connectivity index (χ0v) is 13.5. The fourth-order valence-electron chi connectivity index (χ4n) is 3.02. The monoisotopic (exact) mass is 330 g/mol. The Bertz CT molecular complexity index is 701. The minimum atomic E-state index is -0.00629. The fraction of sp³-hybridized carbons (Fsp3) is 0.353. The highest BCUT2D eigenvalue weighted by Crippen LogP contribution is 2.42. The molecule has 120 valence electrons. The van der Waals surface area contributed by atoms with Crippen LogP contribution in [-0.2, 0) is 11.3 Å². The van der Waals surface area contributed by atoms with Gasteiger partial charge in [0.2, 0.25) is 0 Å². The summed E-state index contributed by atoms with van der Waals surface area (Å²) in [5, 5.41) is 4.86. The van der Waals surface area contributed by atoms with Gasteiger partial charge >= 0.3 is 0 Å². The molecule has 3 heterocycles. The Morgan fingerprint density at radius 3 is 3.09 bits per heavy atom. The number of hydrogen-bond acceptors (Lipinski definition) is 5. The number of rotatable bonds is 4. The number of thiophene rings is 1. The molecular formula is C17H18N2O3S. The highest BCUT2D eigenvalue weighted by Gasteiger charge is 2.34. The first-order chi connectivity index (χ1) is 11.3. The van der Waals surface area contributed by atoms with E-state index in [1.54, 1.807) is 0 Å². The number of nitrogens with one attached hydrogen (secondary N) is 1. The number of carbonyl (C=O) groups is 1. The summed E-state index contributed by atoms with van der Waals surface area (Å²) in [5.74, 6) is 0.814. The summed E-state index contributed by atoms with van der Waals surface area (Å²) in [5.41, 5.74) is 2.10. The Labute approximate surface area is 138 Å². The molecule has 2 aromatic rings. The molecule has 1 atom stereocenters. The molecule has 2 aliphatic heterocycles. The molecule has 6 heteroatoms. The normalized spacial score (nSPS) is 19.6. The molecule has 0 saturated heterocycles. The molecular weight excluding hydrogens is 312 g/mol. The zero-order valence-electron chi connectivity index (χ0n) is 12.7. The number of benzene rings is 1. The first-order valence-electron chi connectivity index (χ1n) is 7.74. The molecule has 1 aromatic carbocycles. The summed E-state index contributed by atoms with van der Waals surface area (Å²) in [6.07, 6.45) is 0. The molecule has 1 aromatic heterocycles. The average molecular weight is 330 g/mol. The molecule has 1 amide bonds. The summed E-state index contributed by atoms with van der Waals surface area (Å²) in [7, 11) is 0. The highest BCUT2D eigenvalue weighted by molar-refractivity contribution is 7.13. The molecule has 4 rings (SSSR count). The molecule has 0 saturated carbocycles. The smallest absolute Gasteiger partial charge is 0.263 e. The van der Waals surface area contributed by atoms with E-state index in [4.69, 9.17) is 9.47 Å². The first-order valence-corrected chi connectivity index (χ1v) is 8.61. The molecule has 2 aliphatic rings. The van der Waals surface area contributed by atoms with Gasteiger partial charge in [-0.25, -0.2) is 0 Å². The van der Waals surface area contributed by atoms with Crippen molar-refractivity contribution >= 4 is 22.9 Å². The molecule has 0 spiro atoms. The van der Waals surface area contributed by atoms with Crippen LogP contribution in [0.15, 0.2) is 35.7 Å². The van der Waals surface area contributed by atoms with Crippen LogP contribution in [0.2, 0.25) is 0 Å². The van der Waals surface area contributed by atoms with Crippen LogP contribution in [0.4, 0.5) is 5.69 Å². The summed E-state index contributed by atoms with van der Waals surface area (Å²) in [6.45, 7) is 3.19. The van der Waals surface area contributed by atoms with Crippen molar-refractivity contribution in [1.29, 1.82) is 0 Å². The van der Waals surface area contributed by atoms with E-state index in [2.05, 4.69) is 22.3 Å². The van der Waals surface area contributed by atoms with Crippen molar-refractivity contribution in [1.82, 2.24) is 5.32 Å². The number of hydrogen-bond donors (Lipinski definition) is 1. The average Bonchev–Trinajstić information content (AvgIpc) is 2.93. The second kappa shape index (κ2) is 6.22. The van der Waals surface area contributed by atoms with Crippen LogP contribution in [0, 0.1) is 0 Å². The van der Waals surface area contributed by atoms with Gasteiger partial charge in [0, 0.05) is 18.5 Å². The minimum Gasteiger partial charge on any atom is -0.488 e. The Morgan fingerprint density at radius 1 is 1.35 bits per heavy atom. The third-order valence-corrected chi connectivity index (χ3v) is 5.10. The van der Waals surface area contributed by atoms with Crippen molar-refractivity contribution in [3.63, 3.8) is 0 Å². The molecule has 23 heavy (non-hydrogen) atoms. The zero-order chi connectivity index (χ0) is 15.6. The van der Waals surface area contributed by atoms with Gasteiger partial charge in [-0.15, -0.1) is 11.3 Å². The van der Waals surface area contributed by atoms with E-state index in [0.717, 1.165) is 28.4 Å². The lowest BCUT2D eigenvalue weighted by atomic mass is 10.2. The Hall–Kier alpha value is -2.05. The lowest BCUT2D eigenvalue weighted by molar-refractivity contribution is 0.0870. The van der Waals surface area contributed by atoms with Crippen molar-refractivity contribution in [2.24, 2.45) is 0 Å². The van der Waals surface area contributed by atoms with E-state index >= 15 is 0 Å². The number of nitrogens with zero attached hydrogens (tertiary/aromatic N) is 1. The highest BCUT2D eigenvalue weighted by atomic mass is 32.1. The molecule has 0 aliphatic carbocycles. The van der Waals surface area contributed by atoms with Crippen LogP contribution in [0.5, 0.6) is 5.75 Å². The van der Waals surface area contributed by atoms with Gasteiger partial charge in [0.05, 0.1) is 19.3 Å². The SMILES string of the molecule is O=C1NCCN2c3c(csc31)OCC2COCc1ccccc1. The number of anilines is 1. The standard InChI is InChI=1S/C17H18N2O3S/c20-17-16-15-14(11-23-16)22-10-13(19(15)7-6-18-17)9-21-8-12-4-2-1-3-5-12/h1-5,11,13H,6-10H2,(H,18,20). The van der Waals surface area contributed by atoms with Crippen LogP contribution < -0.4 is 15.0 Å². The van der Waals surface area contributed by atoms with Crippen molar-refractivity contribution in [2.75, 3.05) is 31.2 Å². The van der Waals surface area contributed by atoms with Crippen LogP contribution in [0.3, 0.4) is 0 Å². The number of carbonyl (C=O) groups excluding carboxylic acids is 1. The number of amides is 1. The maximum atomic E-state index is 12.1. The topological polar surface area (TPSA) is 50.8 Å². The quantitative estimate of drug-likeness (QED) is 0.934. The predicted octanol–water partition coefficient (Wildman–Crippen LogP) is 2.28. The second-order valence-corrected chi connectivity index (χ2v) is 6.57. The first kappa shape index (κ1) is 14.5. The third-order valence-electron chi connectivity index (χ3n) is 4.16. The van der Waals surface area contributed by atoms with Crippen molar-refractivity contribution in [3.05, 3.63) is 46.2 Å². The fourth-order valence-corrected chi connectivity index (χ4v) is 3.93. The molecule has 5 nitrogen and oxygen atoms in total. The van der Waals surface area contributed by atoms with Gasteiger partial charge < -0.3 is 19.7 Å². The summed E-state index contributed by atoms with van der Waals surface area (Å²) in [6, 6.07) is 10.3. The maximum Gasteiger partial charge on any atom is 0.263 e. The summed E-state index contributed by atoms with van der Waals surface area (Å²) in [4.78, 5) is 15.1. The lowest BCUT2D eigenvalue weighted by Crippen LogP contribution is -2.47. The van der Waals surface area contributed by atoms with Crippen LogP contribution >= 0.6 is 11.3 Å². The van der Waals surface area contributed by atoms with Crippen molar-refractivity contribution in [2.45, 2.75) is 12.6 Å². The second-order valence-electron chi connectivity index (χ2n) is 5.69. The van der Waals surface area contributed by atoms with Crippen LogP contribution in [0.25, 0.3) is 0 Å². The third kappa shape index (κ3) is 2.80. The van der Waals surface area contributed by atoms with Gasteiger partial charge in [-0.1, -0.05) is 30.3 Å². The minimum absolute atomic E-state index is 0.00629. The lowest BCUT2D eigenvalue weighted by Gasteiger charge is -2.36. The molecule has 1 N–H and O–H groups in total. The van der Waals surface area contributed by atoms with Crippen molar-refractivity contribution < 1.29 is 14.3 Å². The summed E-state index contributed by atoms with van der Waals surface area (Å²) < 4.78 is 11.7. The number of ether oxygens (including phenoxy) is 2. The van der Waals surface area contributed by atoms with E-state index < -0.39 is 0 Å². The van der Waals surface area contributed by atoms with E-state index in [-0.39, 0.29) is 11.9 Å². The Morgan fingerprint density at radius 2 is 2.22 bits per heavy atom. The van der Waals surface area contributed by atoms with E-state index in [9.17, 15) is 4.79 Å². The van der Waals surface area contributed by atoms with Gasteiger partial charge in [-0.3, -0.25) is 4.79 Å². The van der Waals surface area contributed by atoms with E-state index in [1.807, 2.05) is 23.6 Å². The molecule has 0 fully saturated rings. The van der Waals surface area contributed by atoms with Crippen LogP contribution in [-0.4, -0.2) is 38.3 Å². The molecule has 0 radical (unpaired) electrons. The van der Waals surface area contributed by atoms with Crippen molar-refractivity contribution in [3.8, 4) is 5.75 Å². The predicted molar refractivity (Wildman–Crippen MR) is 89.4 cm³/mol. The van der Waals surface area contributed by atoms with Gasteiger partial charge in [0.15, 0.2) is 5.75 Å².